The molecule has 0 aliphatic carbocycles. The van der Waals surface area contributed by atoms with Crippen molar-refractivity contribution >= 4 is 10.9 Å². The van der Waals surface area contributed by atoms with Gasteiger partial charge in [-0.1, -0.05) is 37.0 Å². The summed E-state index contributed by atoms with van der Waals surface area (Å²) in [6, 6.07) is 15.9. The van der Waals surface area contributed by atoms with Crippen LogP contribution in [0.2, 0.25) is 0 Å². The summed E-state index contributed by atoms with van der Waals surface area (Å²) in [6.45, 7) is 3.75. The van der Waals surface area contributed by atoms with Crippen molar-refractivity contribution in [3.05, 3.63) is 81.4 Å². The Morgan fingerprint density at radius 3 is 2.70 bits per heavy atom. The maximum atomic E-state index is 13.2. The van der Waals surface area contributed by atoms with E-state index >= 15 is 0 Å². The van der Waals surface area contributed by atoms with E-state index in [2.05, 4.69) is 22.9 Å². The molecule has 0 spiro atoms. The van der Waals surface area contributed by atoms with Gasteiger partial charge in [-0.15, -0.1) is 0 Å². The highest BCUT2D eigenvalue weighted by Gasteiger charge is 2.26. The van der Waals surface area contributed by atoms with Crippen LogP contribution >= 0.6 is 0 Å². The van der Waals surface area contributed by atoms with Gasteiger partial charge in [0.05, 0.1) is 11.5 Å². The summed E-state index contributed by atoms with van der Waals surface area (Å²) in [5.74, 6) is 5.55. The Morgan fingerprint density at radius 2 is 2.00 bits per heavy atom. The van der Waals surface area contributed by atoms with Crippen LogP contribution in [0.15, 0.2) is 53.3 Å². The van der Waals surface area contributed by atoms with E-state index in [1.165, 1.54) is 12.1 Å². The van der Waals surface area contributed by atoms with Crippen LogP contribution in [0.3, 0.4) is 0 Å². The van der Waals surface area contributed by atoms with Gasteiger partial charge in [0.2, 0.25) is 0 Å². The fourth-order valence-corrected chi connectivity index (χ4v) is 2.95. The number of rotatable bonds is 3. The minimum Gasteiger partial charge on any atom is -0.322 e. The molecule has 3 rings (SSSR count). The van der Waals surface area contributed by atoms with Crippen LogP contribution in [0.4, 0.5) is 4.39 Å². The van der Waals surface area contributed by atoms with Gasteiger partial charge in [0.25, 0.3) is 5.56 Å². The summed E-state index contributed by atoms with van der Waals surface area (Å²) < 4.78 is 13.2. The van der Waals surface area contributed by atoms with Gasteiger partial charge in [0.15, 0.2) is 0 Å². The number of aromatic nitrogens is 1. The SMILES string of the molecule is CCc1cc2ccc(C(C)(C#N)CC#Cc3cccc(F)c3)cc2[nH]c1=O. The molecule has 0 saturated carbocycles. The molecular weight excluding hydrogens is 339 g/mol. The number of H-pyrrole nitrogens is 1. The van der Waals surface area contributed by atoms with Gasteiger partial charge in [-0.2, -0.15) is 5.26 Å². The van der Waals surface area contributed by atoms with E-state index in [0.29, 0.717) is 23.9 Å². The molecule has 3 aromatic rings. The first kappa shape index (κ1) is 18.4. The Hall–Kier alpha value is -3.37. The normalized spacial score (nSPS) is 12.7. The molecule has 1 unspecified atom stereocenters. The first-order valence-corrected chi connectivity index (χ1v) is 8.77. The lowest BCUT2D eigenvalue weighted by Gasteiger charge is -2.19. The Morgan fingerprint density at radius 1 is 1.19 bits per heavy atom. The van der Waals surface area contributed by atoms with Crippen molar-refractivity contribution in [1.82, 2.24) is 4.98 Å². The van der Waals surface area contributed by atoms with Crippen molar-refractivity contribution in [3.8, 4) is 17.9 Å². The van der Waals surface area contributed by atoms with Gasteiger partial charge in [0.1, 0.15) is 5.82 Å². The number of aryl methyl sites for hydroxylation is 1. The molecular formula is C23H19FN2O. The number of benzene rings is 2. The Bertz CT molecular complexity index is 1160. The number of pyridine rings is 1. The predicted molar refractivity (Wildman–Crippen MR) is 105 cm³/mol. The van der Waals surface area contributed by atoms with Crippen molar-refractivity contribution in [2.45, 2.75) is 32.1 Å². The summed E-state index contributed by atoms with van der Waals surface area (Å²) in [4.78, 5) is 15.0. The minimum absolute atomic E-state index is 0.105. The Kier molecular flexibility index (Phi) is 5.10. The van der Waals surface area contributed by atoms with Gasteiger partial charge in [-0.05, 0) is 54.6 Å². The summed E-state index contributed by atoms with van der Waals surface area (Å²) in [6.07, 6.45) is 0.960. The van der Waals surface area contributed by atoms with E-state index in [9.17, 15) is 14.4 Å². The second-order valence-electron chi connectivity index (χ2n) is 6.71. The molecule has 1 N–H and O–H groups in total. The third-order valence-corrected chi connectivity index (χ3v) is 4.69. The highest BCUT2D eigenvalue weighted by atomic mass is 19.1. The highest BCUT2D eigenvalue weighted by Crippen LogP contribution is 2.29. The number of nitrogens with one attached hydrogen (secondary N) is 1. The molecule has 0 aliphatic rings. The first-order chi connectivity index (χ1) is 12.9. The first-order valence-electron chi connectivity index (χ1n) is 8.77. The van der Waals surface area contributed by atoms with Gasteiger partial charge in [-0.25, -0.2) is 4.39 Å². The topological polar surface area (TPSA) is 56.6 Å². The molecule has 2 aromatic carbocycles. The predicted octanol–water partition coefficient (Wildman–Crippen LogP) is 4.45. The van der Waals surface area contributed by atoms with Gasteiger partial charge < -0.3 is 4.98 Å². The summed E-state index contributed by atoms with van der Waals surface area (Å²) >= 11 is 0. The van der Waals surface area contributed by atoms with E-state index in [-0.39, 0.29) is 11.4 Å². The molecule has 4 heteroatoms. The molecule has 1 heterocycles. The van der Waals surface area contributed by atoms with E-state index < -0.39 is 5.41 Å². The fraction of sp³-hybridized carbons (Fsp3) is 0.217. The largest absolute Gasteiger partial charge is 0.322 e. The Labute approximate surface area is 157 Å². The van der Waals surface area contributed by atoms with E-state index in [1.54, 1.807) is 12.1 Å². The number of fused-ring (bicyclic) bond motifs is 1. The van der Waals surface area contributed by atoms with Crippen LogP contribution in [0, 0.1) is 29.0 Å². The minimum atomic E-state index is -0.838. The molecule has 0 saturated heterocycles. The van der Waals surface area contributed by atoms with E-state index in [1.807, 2.05) is 38.1 Å². The van der Waals surface area contributed by atoms with Gasteiger partial charge in [-0.3, -0.25) is 4.79 Å². The van der Waals surface area contributed by atoms with Crippen LogP contribution in [0.1, 0.15) is 37.0 Å². The maximum Gasteiger partial charge on any atom is 0.251 e. The molecule has 1 atom stereocenters. The molecule has 0 fully saturated rings. The van der Waals surface area contributed by atoms with Crippen molar-refractivity contribution in [2.24, 2.45) is 0 Å². The maximum absolute atomic E-state index is 13.2. The van der Waals surface area contributed by atoms with Crippen molar-refractivity contribution < 1.29 is 4.39 Å². The lowest BCUT2D eigenvalue weighted by atomic mass is 9.80. The highest BCUT2D eigenvalue weighted by molar-refractivity contribution is 5.80. The fourth-order valence-electron chi connectivity index (χ4n) is 2.95. The average molecular weight is 358 g/mol. The number of halogens is 1. The number of hydrogen-bond donors (Lipinski definition) is 1. The molecule has 134 valence electrons. The van der Waals surface area contributed by atoms with Crippen LogP contribution in [0.5, 0.6) is 0 Å². The van der Waals surface area contributed by atoms with Gasteiger partial charge >= 0.3 is 0 Å². The zero-order valence-corrected chi connectivity index (χ0v) is 15.3. The number of nitrogens with zero attached hydrogens (tertiary/aromatic N) is 1. The van der Waals surface area contributed by atoms with Crippen LogP contribution in [-0.4, -0.2) is 4.98 Å². The van der Waals surface area contributed by atoms with E-state index in [0.717, 1.165) is 16.5 Å². The quantitative estimate of drug-likeness (QED) is 0.703. The van der Waals surface area contributed by atoms with Crippen LogP contribution in [0.25, 0.3) is 10.9 Å². The standard InChI is InChI=1S/C23H19FN2O/c1-3-17-13-18-9-10-19(14-21(18)26-22(17)27)23(2,15-25)11-5-7-16-6-4-8-20(24)12-16/h4,6,8-10,12-14H,3,11H2,1-2H3,(H,26,27). The monoisotopic (exact) mass is 358 g/mol. The molecule has 0 bridgehead atoms. The van der Waals surface area contributed by atoms with E-state index in [4.69, 9.17) is 0 Å². The molecule has 0 aliphatic heterocycles. The third kappa shape index (κ3) is 3.91. The van der Waals surface area contributed by atoms with Crippen molar-refractivity contribution in [3.63, 3.8) is 0 Å². The van der Waals surface area contributed by atoms with Crippen molar-refractivity contribution in [2.75, 3.05) is 0 Å². The lowest BCUT2D eigenvalue weighted by molar-refractivity contribution is 0.627. The van der Waals surface area contributed by atoms with Crippen LogP contribution < -0.4 is 5.56 Å². The number of aromatic amines is 1. The molecule has 0 radical (unpaired) electrons. The zero-order valence-electron chi connectivity index (χ0n) is 15.3. The molecule has 3 nitrogen and oxygen atoms in total. The summed E-state index contributed by atoms with van der Waals surface area (Å²) in [7, 11) is 0. The molecule has 27 heavy (non-hydrogen) atoms. The van der Waals surface area contributed by atoms with Gasteiger partial charge in [0, 0.05) is 23.1 Å². The zero-order chi connectivity index (χ0) is 19.4. The Balaban J connectivity index is 1.94. The number of hydrogen-bond acceptors (Lipinski definition) is 2. The average Bonchev–Trinajstić information content (AvgIpc) is 2.67. The third-order valence-electron chi connectivity index (χ3n) is 4.69. The lowest BCUT2D eigenvalue weighted by Crippen LogP contribution is -2.19. The van der Waals surface area contributed by atoms with Crippen LogP contribution in [-0.2, 0) is 11.8 Å². The second kappa shape index (κ2) is 7.48. The second-order valence-corrected chi connectivity index (χ2v) is 6.71. The molecule has 0 amide bonds. The summed E-state index contributed by atoms with van der Waals surface area (Å²) in [5.41, 5.74) is 1.85. The van der Waals surface area contributed by atoms with Crippen molar-refractivity contribution in [1.29, 1.82) is 5.26 Å². The molecule has 1 aromatic heterocycles. The summed E-state index contributed by atoms with van der Waals surface area (Å²) in [5, 5.41) is 10.7. The number of nitriles is 1. The smallest absolute Gasteiger partial charge is 0.251 e.